The van der Waals surface area contributed by atoms with Gasteiger partial charge >= 0.3 is 0 Å². The third kappa shape index (κ3) is 2.48. The molecule has 2 aromatic rings. The number of fused-ring (bicyclic) bond motifs is 1. The van der Waals surface area contributed by atoms with E-state index in [9.17, 15) is 0 Å². The maximum Gasteiger partial charge on any atom is 0.123 e. The van der Waals surface area contributed by atoms with Gasteiger partial charge in [0, 0.05) is 5.56 Å². The summed E-state index contributed by atoms with van der Waals surface area (Å²) in [5, 5.41) is -0.210. The van der Waals surface area contributed by atoms with Crippen LogP contribution in [0.1, 0.15) is 28.5 Å². The molecule has 0 fully saturated rings. The minimum atomic E-state index is -0.210. The Kier molecular flexibility index (Phi) is 3.83. The van der Waals surface area contributed by atoms with E-state index >= 15 is 0 Å². The van der Waals surface area contributed by atoms with Crippen molar-refractivity contribution in [3.05, 3.63) is 59.2 Å². The fourth-order valence-electron chi connectivity index (χ4n) is 2.59. The second-order valence-corrected chi connectivity index (χ2v) is 5.36. The average Bonchev–Trinajstić information content (AvgIpc) is 2.53. The van der Waals surface area contributed by atoms with E-state index in [0.29, 0.717) is 0 Å². The summed E-state index contributed by atoms with van der Waals surface area (Å²) in [7, 11) is 1.67. The van der Waals surface area contributed by atoms with E-state index in [1.54, 1.807) is 7.11 Å². The van der Waals surface area contributed by atoms with E-state index < -0.39 is 0 Å². The summed E-state index contributed by atoms with van der Waals surface area (Å²) >= 11 is 6.64. The second kappa shape index (κ2) is 5.76. The Labute approximate surface area is 124 Å². The summed E-state index contributed by atoms with van der Waals surface area (Å²) < 4.78 is 11.0. The van der Waals surface area contributed by atoms with Crippen LogP contribution in [0.4, 0.5) is 0 Å². The molecule has 0 spiro atoms. The molecule has 0 saturated carbocycles. The number of aryl methyl sites for hydroxylation is 1. The van der Waals surface area contributed by atoms with E-state index in [1.807, 2.05) is 36.4 Å². The van der Waals surface area contributed by atoms with Gasteiger partial charge in [0.05, 0.1) is 19.1 Å². The van der Waals surface area contributed by atoms with E-state index in [4.69, 9.17) is 21.1 Å². The van der Waals surface area contributed by atoms with Crippen LogP contribution in [0.5, 0.6) is 11.5 Å². The molecule has 0 radical (unpaired) electrons. The van der Waals surface area contributed by atoms with Gasteiger partial charge in [-0.05, 0) is 36.1 Å². The highest BCUT2D eigenvalue weighted by atomic mass is 35.5. The Balaban J connectivity index is 1.96. The minimum absolute atomic E-state index is 0.210. The Hall–Kier alpha value is -1.67. The predicted octanol–water partition coefficient (Wildman–Crippen LogP) is 4.35. The summed E-state index contributed by atoms with van der Waals surface area (Å²) in [4.78, 5) is 0. The molecule has 20 heavy (non-hydrogen) atoms. The van der Waals surface area contributed by atoms with Crippen LogP contribution in [0.15, 0.2) is 42.5 Å². The smallest absolute Gasteiger partial charge is 0.123 e. The van der Waals surface area contributed by atoms with Crippen LogP contribution in [0.3, 0.4) is 0 Å². The molecule has 0 saturated heterocycles. The largest absolute Gasteiger partial charge is 0.496 e. The highest BCUT2D eigenvalue weighted by Crippen LogP contribution is 2.37. The van der Waals surface area contributed by atoms with Crippen LogP contribution < -0.4 is 9.47 Å². The van der Waals surface area contributed by atoms with Gasteiger partial charge in [-0.25, -0.2) is 0 Å². The summed E-state index contributed by atoms with van der Waals surface area (Å²) in [6.45, 7) is 0.809. The lowest BCUT2D eigenvalue weighted by Gasteiger charge is -2.20. The first kappa shape index (κ1) is 13.3. The van der Waals surface area contributed by atoms with E-state index in [2.05, 4.69) is 6.07 Å². The maximum absolute atomic E-state index is 6.64. The maximum atomic E-state index is 6.64. The summed E-state index contributed by atoms with van der Waals surface area (Å²) in [6.07, 6.45) is 2.12. The molecular weight excluding hydrogens is 272 g/mol. The molecule has 0 aromatic heterocycles. The van der Waals surface area contributed by atoms with Crippen molar-refractivity contribution in [2.24, 2.45) is 0 Å². The summed E-state index contributed by atoms with van der Waals surface area (Å²) in [5.74, 6) is 1.81. The molecular formula is C17H17ClO2. The van der Waals surface area contributed by atoms with Gasteiger partial charge in [-0.3, -0.25) is 0 Å². The number of methoxy groups -OCH3 is 1. The van der Waals surface area contributed by atoms with E-state index in [0.717, 1.165) is 42.1 Å². The molecule has 0 bridgehead atoms. The third-order valence-electron chi connectivity index (χ3n) is 3.64. The monoisotopic (exact) mass is 288 g/mol. The standard InChI is InChI=1S/C17H17ClO2/c1-19-16-7-3-2-6-14(16)17(18)13-8-9-15-12(11-13)5-4-10-20-15/h2-3,6-9,11,17H,4-5,10H2,1H3. The lowest BCUT2D eigenvalue weighted by molar-refractivity contribution is 0.288. The molecule has 0 N–H and O–H groups in total. The zero-order chi connectivity index (χ0) is 13.9. The molecule has 1 atom stereocenters. The number of hydrogen-bond donors (Lipinski definition) is 0. The summed E-state index contributed by atoms with van der Waals surface area (Å²) in [5.41, 5.74) is 3.32. The van der Waals surface area contributed by atoms with Gasteiger partial charge in [0.1, 0.15) is 11.5 Å². The molecule has 104 valence electrons. The van der Waals surface area contributed by atoms with E-state index in [1.165, 1.54) is 5.56 Å². The fourth-order valence-corrected chi connectivity index (χ4v) is 2.91. The number of ether oxygens (including phenoxy) is 2. The van der Waals surface area contributed by atoms with E-state index in [-0.39, 0.29) is 5.38 Å². The van der Waals surface area contributed by atoms with Gasteiger partial charge in [-0.1, -0.05) is 30.3 Å². The number of para-hydroxylation sites is 1. The number of benzene rings is 2. The van der Waals surface area contributed by atoms with Crippen LogP contribution in [-0.4, -0.2) is 13.7 Å². The molecule has 1 heterocycles. The topological polar surface area (TPSA) is 18.5 Å². The van der Waals surface area contributed by atoms with Gasteiger partial charge in [-0.2, -0.15) is 0 Å². The average molecular weight is 289 g/mol. The van der Waals surface area contributed by atoms with Crippen LogP contribution >= 0.6 is 11.6 Å². The van der Waals surface area contributed by atoms with Crippen molar-refractivity contribution in [1.82, 2.24) is 0 Å². The molecule has 2 nitrogen and oxygen atoms in total. The molecule has 1 aliphatic heterocycles. The first-order valence-electron chi connectivity index (χ1n) is 6.82. The predicted molar refractivity (Wildman–Crippen MR) is 80.9 cm³/mol. The van der Waals surface area contributed by atoms with Crippen LogP contribution in [0.2, 0.25) is 0 Å². The van der Waals surface area contributed by atoms with Gasteiger partial charge in [0.25, 0.3) is 0 Å². The van der Waals surface area contributed by atoms with Crippen molar-refractivity contribution in [2.75, 3.05) is 13.7 Å². The van der Waals surface area contributed by atoms with Crippen molar-refractivity contribution in [3.63, 3.8) is 0 Å². The Morgan fingerprint density at radius 1 is 1.20 bits per heavy atom. The van der Waals surface area contributed by atoms with Gasteiger partial charge in [0.15, 0.2) is 0 Å². The lowest BCUT2D eigenvalue weighted by atomic mass is 9.98. The minimum Gasteiger partial charge on any atom is -0.496 e. The van der Waals surface area contributed by atoms with Crippen LogP contribution in [0.25, 0.3) is 0 Å². The molecule has 0 amide bonds. The van der Waals surface area contributed by atoms with Gasteiger partial charge in [-0.15, -0.1) is 11.6 Å². The van der Waals surface area contributed by atoms with Crippen molar-refractivity contribution >= 4 is 11.6 Å². The molecule has 3 heteroatoms. The molecule has 1 unspecified atom stereocenters. The molecule has 1 aliphatic rings. The van der Waals surface area contributed by atoms with Crippen molar-refractivity contribution in [3.8, 4) is 11.5 Å². The molecule has 3 rings (SSSR count). The fraction of sp³-hybridized carbons (Fsp3) is 0.294. The van der Waals surface area contributed by atoms with Crippen molar-refractivity contribution in [1.29, 1.82) is 0 Å². The zero-order valence-electron chi connectivity index (χ0n) is 11.4. The molecule has 0 aliphatic carbocycles. The number of rotatable bonds is 3. The number of hydrogen-bond acceptors (Lipinski definition) is 2. The highest BCUT2D eigenvalue weighted by molar-refractivity contribution is 6.22. The Morgan fingerprint density at radius 3 is 2.90 bits per heavy atom. The summed E-state index contributed by atoms with van der Waals surface area (Å²) in [6, 6.07) is 14.1. The lowest BCUT2D eigenvalue weighted by Crippen LogP contribution is -2.09. The highest BCUT2D eigenvalue weighted by Gasteiger charge is 2.18. The third-order valence-corrected chi connectivity index (χ3v) is 4.12. The number of halogens is 1. The normalized spacial score (nSPS) is 15.1. The van der Waals surface area contributed by atoms with Crippen LogP contribution in [-0.2, 0) is 6.42 Å². The molecule has 2 aromatic carbocycles. The Morgan fingerprint density at radius 2 is 2.05 bits per heavy atom. The second-order valence-electron chi connectivity index (χ2n) is 4.92. The number of alkyl halides is 1. The zero-order valence-corrected chi connectivity index (χ0v) is 12.2. The Bertz CT molecular complexity index is 610. The van der Waals surface area contributed by atoms with Crippen molar-refractivity contribution < 1.29 is 9.47 Å². The van der Waals surface area contributed by atoms with Gasteiger partial charge in [0.2, 0.25) is 0 Å². The first-order valence-corrected chi connectivity index (χ1v) is 7.26. The van der Waals surface area contributed by atoms with Crippen molar-refractivity contribution in [2.45, 2.75) is 18.2 Å². The van der Waals surface area contributed by atoms with Crippen LogP contribution in [0, 0.1) is 0 Å². The quantitative estimate of drug-likeness (QED) is 0.782. The first-order chi connectivity index (χ1) is 9.79. The van der Waals surface area contributed by atoms with Gasteiger partial charge < -0.3 is 9.47 Å². The SMILES string of the molecule is COc1ccccc1C(Cl)c1ccc2c(c1)CCCO2.